The first kappa shape index (κ1) is 15.2. The van der Waals surface area contributed by atoms with Crippen LogP contribution in [-0.4, -0.2) is 31.6 Å². The standard InChI is InChI=1S/C18H25NO3/c1-11(2)17-14-10-16(22-4)15(21-3)9-13(14)7-8-19(17)18(20)12-5-6-12/h9-12,17H,5-8H2,1-4H3. The highest BCUT2D eigenvalue weighted by molar-refractivity contribution is 5.82. The van der Waals surface area contributed by atoms with Gasteiger partial charge in [-0.3, -0.25) is 4.79 Å². The molecule has 3 rings (SSSR count). The van der Waals surface area contributed by atoms with Crippen molar-refractivity contribution >= 4 is 5.91 Å². The first-order valence-corrected chi connectivity index (χ1v) is 8.12. The van der Waals surface area contributed by atoms with Crippen LogP contribution in [0.1, 0.15) is 43.9 Å². The summed E-state index contributed by atoms with van der Waals surface area (Å²) in [5.74, 6) is 2.49. The Morgan fingerprint density at radius 1 is 1.18 bits per heavy atom. The van der Waals surface area contributed by atoms with E-state index in [-0.39, 0.29) is 12.0 Å². The van der Waals surface area contributed by atoms with Gasteiger partial charge in [-0.15, -0.1) is 0 Å². The second kappa shape index (κ2) is 5.82. The predicted octanol–water partition coefficient (Wildman–Crippen LogP) is 3.20. The maximum absolute atomic E-state index is 12.6. The van der Waals surface area contributed by atoms with Gasteiger partial charge in [0.25, 0.3) is 0 Å². The van der Waals surface area contributed by atoms with E-state index < -0.39 is 0 Å². The molecule has 1 atom stereocenters. The zero-order valence-corrected chi connectivity index (χ0v) is 13.9. The van der Waals surface area contributed by atoms with Crippen LogP contribution < -0.4 is 9.47 Å². The van der Waals surface area contributed by atoms with Crippen LogP contribution in [0.2, 0.25) is 0 Å². The third kappa shape index (κ3) is 2.55. The fourth-order valence-corrected chi connectivity index (χ4v) is 3.51. The molecule has 1 amide bonds. The van der Waals surface area contributed by atoms with E-state index >= 15 is 0 Å². The van der Waals surface area contributed by atoms with E-state index in [1.54, 1.807) is 14.2 Å². The molecule has 0 spiro atoms. The van der Waals surface area contributed by atoms with E-state index in [0.29, 0.717) is 11.8 Å². The van der Waals surface area contributed by atoms with Crippen molar-refractivity contribution in [2.75, 3.05) is 20.8 Å². The summed E-state index contributed by atoms with van der Waals surface area (Å²) in [5, 5.41) is 0. The van der Waals surface area contributed by atoms with Gasteiger partial charge in [0.1, 0.15) is 0 Å². The van der Waals surface area contributed by atoms with Gasteiger partial charge in [0, 0.05) is 12.5 Å². The molecule has 0 N–H and O–H groups in total. The summed E-state index contributed by atoms with van der Waals surface area (Å²) in [5.41, 5.74) is 2.49. The fourth-order valence-electron chi connectivity index (χ4n) is 3.51. The van der Waals surface area contributed by atoms with Crippen LogP contribution in [0.25, 0.3) is 0 Å². The Morgan fingerprint density at radius 3 is 2.36 bits per heavy atom. The van der Waals surface area contributed by atoms with Gasteiger partial charge in [0.2, 0.25) is 5.91 Å². The van der Waals surface area contributed by atoms with Crippen molar-refractivity contribution in [1.82, 2.24) is 4.90 Å². The molecule has 0 saturated heterocycles. The summed E-state index contributed by atoms with van der Waals surface area (Å²) in [6.07, 6.45) is 3.00. The molecular formula is C18H25NO3. The Balaban J connectivity index is 2.01. The number of benzene rings is 1. The smallest absolute Gasteiger partial charge is 0.226 e. The van der Waals surface area contributed by atoms with Gasteiger partial charge < -0.3 is 14.4 Å². The number of rotatable bonds is 4. The molecule has 1 aromatic rings. The van der Waals surface area contributed by atoms with Crippen molar-refractivity contribution in [3.63, 3.8) is 0 Å². The monoisotopic (exact) mass is 303 g/mol. The first-order chi connectivity index (χ1) is 10.6. The lowest BCUT2D eigenvalue weighted by Crippen LogP contribution is -2.43. The zero-order chi connectivity index (χ0) is 15.9. The molecule has 4 heteroatoms. The summed E-state index contributed by atoms with van der Waals surface area (Å²) in [6, 6.07) is 4.27. The Bertz CT molecular complexity index is 578. The lowest BCUT2D eigenvalue weighted by molar-refractivity contribution is -0.136. The normalized spacial score (nSPS) is 20.8. The van der Waals surface area contributed by atoms with Gasteiger partial charge in [0.05, 0.1) is 20.3 Å². The van der Waals surface area contributed by atoms with Crippen molar-refractivity contribution in [3.8, 4) is 11.5 Å². The highest BCUT2D eigenvalue weighted by Gasteiger charge is 2.40. The highest BCUT2D eigenvalue weighted by Crippen LogP contribution is 2.43. The highest BCUT2D eigenvalue weighted by atomic mass is 16.5. The van der Waals surface area contributed by atoms with E-state index in [2.05, 4.69) is 30.9 Å². The molecule has 1 aliphatic carbocycles. The van der Waals surface area contributed by atoms with Crippen LogP contribution >= 0.6 is 0 Å². The third-order valence-corrected chi connectivity index (χ3v) is 4.76. The fraction of sp³-hybridized carbons (Fsp3) is 0.611. The summed E-state index contributed by atoms with van der Waals surface area (Å²) in [4.78, 5) is 14.7. The molecular weight excluding hydrogens is 278 g/mol. The molecule has 0 bridgehead atoms. The molecule has 0 radical (unpaired) electrons. The van der Waals surface area contributed by atoms with E-state index in [9.17, 15) is 4.79 Å². The number of fused-ring (bicyclic) bond motifs is 1. The summed E-state index contributed by atoms with van der Waals surface area (Å²) >= 11 is 0. The molecule has 1 aromatic carbocycles. The number of nitrogens with zero attached hydrogens (tertiary/aromatic N) is 1. The van der Waals surface area contributed by atoms with E-state index in [1.807, 2.05) is 0 Å². The average molecular weight is 303 g/mol. The van der Waals surface area contributed by atoms with Gasteiger partial charge in [-0.05, 0) is 48.4 Å². The van der Waals surface area contributed by atoms with Gasteiger partial charge >= 0.3 is 0 Å². The van der Waals surface area contributed by atoms with Crippen LogP contribution in [0.5, 0.6) is 11.5 Å². The number of hydrogen-bond acceptors (Lipinski definition) is 3. The Hall–Kier alpha value is -1.71. The van der Waals surface area contributed by atoms with E-state index in [1.165, 1.54) is 11.1 Å². The number of methoxy groups -OCH3 is 2. The Kier molecular flexibility index (Phi) is 4.02. The molecule has 22 heavy (non-hydrogen) atoms. The van der Waals surface area contributed by atoms with E-state index in [4.69, 9.17) is 9.47 Å². The average Bonchev–Trinajstić information content (AvgIpc) is 3.36. The quantitative estimate of drug-likeness (QED) is 0.857. The molecule has 1 heterocycles. The second-order valence-corrected chi connectivity index (χ2v) is 6.65. The molecule has 1 fully saturated rings. The van der Waals surface area contributed by atoms with Gasteiger partial charge in [-0.25, -0.2) is 0 Å². The summed E-state index contributed by atoms with van der Waals surface area (Å²) in [7, 11) is 3.32. The van der Waals surface area contributed by atoms with Gasteiger partial charge in [0.15, 0.2) is 11.5 Å². The summed E-state index contributed by atoms with van der Waals surface area (Å²) in [6.45, 7) is 5.17. The Morgan fingerprint density at radius 2 is 1.82 bits per heavy atom. The molecule has 2 aliphatic rings. The van der Waals surface area contributed by atoms with Crippen LogP contribution in [0, 0.1) is 11.8 Å². The zero-order valence-electron chi connectivity index (χ0n) is 13.9. The SMILES string of the molecule is COc1cc2c(cc1OC)C(C(C)C)N(C(=O)C1CC1)CC2. The molecule has 1 aliphatic heterocycles. The lowest BCUT2D eigenvalue weighted by Gasteiger charge is -2.40. The number of carbonyl (C=O) groups is 1. The van der Waals surface area contributed by atoms with Crippen molar-refractivity contribution in [2.45, 2.75) is 39.2 Å². The molecule has 1 unspecified atom stereocenters. The van der Waals surface area contributed by atoms with Crippen LogP contribution in [-0.2, 0) is 11.2 Å². The third-order valence-electron chi connectivity index (χ3n) is 4.76. The van der Waals surface area contributed by atoms with Crippen molar-refractivity contribution < 1.29 is 14.3 Å². The minimum Gasteiger partial charge on any atom is -0.493 e. The number of ether oxygens (including phenoxy) is 2. The Labute approximate surface area is 132 Å². The number of hydrogen-bond donors (Lipinski definition) is 0. The molecule has 0 aromatic heterocycles. The largest absolute Gasteiger partial charge is 0.493 e. The van der Waals surface area contributed by atoms with Crippen molar-refractivity contribution in [3.05, 3.63) is 23.3 Å². The molecule has 4 nitrogen and oxygen atoms in total. The van der Waals surface area contributed by atoms with Crippen LogP contribution in [0.4, 0.5) is 0 Å². The molecule has 120 valence electrons. The van der Waals surface area contributed by atoms with Crippen molar-refractivity contribution in [1.29, 1.82) is 0 Å². The van der Waals surface area contributed by atoms with Crippen LogP contribution in [0.3, 0.4) is 0 Å². The van der Waals surface area contributed by atoms with Gasteiger partial charge in [-0.1, -0.05) is 13.8 Å². The molecule has 1 saturated carbocycles. The maximum Gasteiger partial charge on any atom is 0.226 e. The second-order valence-electron chi connectivity index (χ2n) is 6.65. The van der Waals surface area contributed by atoms with Crippen molar-refractivity contribution in [2.24, 2.45) is 11.8 Å². The summed E-state index contributed by atoms with van der Waals surface area (Å²) < 4.78 is 10.9. The topological polar surface area (TPSA) is 38.8 Å². The predicted molar refractivity (Wildman–Crippen MR) is 85.3 cm³/mol. The number of carbonyl (C=O) groups excluding carboxylic acids is 1. The first-order valence-electron chi connectivity index (χ1n) is 8.12. The van der Waals surface area contributed by atoms with Gasteiger partial charge in [-0.2, -0.15) is 0 Å². The number of amides is 1. The van der Waals surface area contributed by atoms with E-state index in [0.717, 1.165) is 37.3 Å². The lowest BCUT2D eigenvalue weighted by atomic mass is 9.85. The minimum absolute atomic E-state index is 0.136. The minimum atomic E-state index is 0.136. The van der Waals surface area contributed by atoms with Crippen LogP contribution in [0.15, 0.2) is 12.1 Å². The maximum atomic E-state index is 12.6.